The van der Waals surface area contributed by atoms with Crippen molar-refractivity contribution in [3.8, 4) is 5.88 Å². The van der Waals surface area contributed by atoms with Gasteiger partial charge in [-0.15, -0.1) is 0 Å². The van der Waals surface area contributed by atoms with Gasteiger partial charge in [-0.2, -0.15) is 4.98 Å². The summed E-state index contributed by atoms with van der Waals surface area (Å²) in [4.78, 5) is 8.59. The third-order valence-electron chi connectivity index (χ3n) is 2.70. The van der Waals surface area contributed by atoms with Gasteiger partial charge >= 0.3 is 0 Å². The normalized spacial score (nSPS) is 11.1. The number of pyridine rings is 1. The Morgan fingerprint density at radius 2 is 2.00 bits per heavy atom. The molecule has 2 aromatic heterocycles. The van der Waals surface area contributed by atoms with Crippen molar-refractivity contribution in [2.45, 2.75) is 6.54 Å². The fourth-order valence-corrected chi connectivity index (χ4v) is 1.74. The molecule has 7 nitrogen and oxygen atoms in total. The van der Waals surface area contributed by atoms with Crippen LogP contribution in [0.5, 0.6) is 5.88 Å². The number of fused-ring (bicyclic) bond motifs is 1. The summed E-state index contributed by atoms with van der Waals surface area (Å²) < 4.78 is 17.2. The van der Waals surface area contributed by atoms with Gasteiger partial charge in [-0.05, 0) is 6.07 Å². The first-order valence-corrected chi connectivity index (χ1v) is 5.99. The summed E-state index contributed by atoms with van der Waals surface area (Å²) in [5.41, 5.74) is 7.32. The quantitative estimate of drug-likeness (QED) is 0.742. The first-order valence-electron chi connectivity index (χ1n) is 5.99. The highest BCUT2D eigenvalue weighted by Gasteiger charge is 2.10. The molecule has 0 radical (unpaired) electrons. The van der Waals surface area contributed by atoms with Crippen LogP contribution in [0.4, 0.5) is 5.95 Å². The molecule has 2 rings (SSSR count). The van der Waals surface area contributed by atoms with Gasteiger partial charge in [0.2, 0.25) is 11.8 Å². The van der Waals surface area contributed by atoms with Gasteiger partial charge in [-0.3, -0.25) is 4.57 Å². The van der Waals surface area contributed by atoms with Crippen molar-refractivity contribution in [2.24, 2.45) is 0 Å². The molecule has 0 amide bonds. The van der Waals surface area contributed by atoms with Crippen LogP contribution in [0, 0.1) is 0 Å². The highest BCUT2D eigenvalue weighted by molar-refractivity contribution is 5.74. The van der Waals surface area contributed by atoms with E-state index in [1.165, 1.54) is 0 Å². The van der Waals surface area contributed by atoms with E-state index in [9.17, 15) is 0 Å². The van der Waals surface area contributed by atoms with Gasteiger partial charge in [0.1, 0.15) is 5.52 Å². The average molecular weight is 266 g/mol. The molecule has 19 heavy (non-hydrogen) atoms. The second-order valence-corrected chi connectivity index (χ2v) is 3.92. The molecular formula is C12H18N4O3. The molecule has 0 unspecified atom stereocenters. The van der Waals surface area contributed by atoms with Crippen molar-refractivity contribution in [1.29, 1.82) is 0 Å². The number of nitrogens with zero attached hydrogens (tertiary/aromatic N) is 3. The Balaban J connectivity index is 2.10. The number of hydrogen-bond donors (Lipinski definition) is 1. The fourth-order valence-electron chi connectivity index (χ4n) is 1.74. The zero-order chi connectivity index (χ0) is 13.7. The molecule has 2 N–H and O–H groups in total. The van der Waals surface area contributed by atoms with Crippen molar-refractivity contribution in [2.75, 3.05) is 39.8 Å². The van der Waals surface area contributed by atoms with E-state index in [4.69, 9.17) is 19.9 Å². The van der Waals surface area contributed by atoms with E-state index in [2.05, 4.69) is 9.97 Å². The molecule has 2 aromatic rings. The third-order valence-corrected chi connectivity index (χ3v) is 2.70. The van der Waals surface area contributed by atoms with E-state index in [1.54, 1.807) is 20.3 Å². The predicted octanol–water partition coefficient (Wildman–Crippen LogP) is 0.685. The van der Waals surface area contributed by atoms with Gasteiger partial charge in [0.15, 0.2) is 5.65 Å². The zero-order valence-corrected chi connectivity index (χ0v) is 11.1. The van der Waals surface area contributed by atoms with Gasteiger partial charge in [0.25, 0.3) is 0 Å². The maximum atomic E-state index is 5.88. The molecule has 0 aliphatic carbocycles. The highest BCUT2D eigenvalue weighted by atomic mass is 16.5. The summed E-state index contributed by atoms with van der Waals surface area (Å²) in [6, 6.07) is 3.59. The lowest BCUT2D eigenvalue weighted by Crippen LogP contribution is -2.11. The molecule has 0 spiro atoms. The van der Waals surface area contributed by atoms with Gasteiger partial charge < -0.3 is 19.9 Å². The minimum atomic E-state index is 0.422. The van der Waals surface area contributed by atoms with Gasteiger partial charge in [-0.1, -0.05) is 0 Å². The van der Waals surface area contributed by atoms with E-state index in [-0.39, 0.29) is 0 Å². The topological polar surface area (TPSA) is 84.4 Å². The summed E-state index contributed by atoms with van der Waals surface area (Å²) in [7, 11) is 3.22. The smallest absolute Gasteiger partial charge is 0.215 e. The van der Waals surface area contributed by atoms with Crippen LogP contribution in [0.25, 0.3) is 11.2 Å². The molecule has 2 heterocycles. The van der Waals surface area contributed by atoms with Crippen LogP contribution in [0.15, 0.2) is 12.1 Å². The molecule has 0 bridgehead atoms. The standard InChI is InChI=1S/C12H18N4O3/c1-17-7-8-19-6-5-16-11-9(14-12(16)13)3-4-10(15-11)18-2/h3-4H,5-8H2,1-2H3,(H2,13,14). The van der Waals surface area contributed by atoms with Crippen molar-refractivity contribution < 1.29 is 14.2 Å². The van der Waals surface area contributed by atoms with Crippen molar-refractivity contribution in [1.82, 2.24) is 14.5 Å². The van der Waals surface area contributed by atoms with Crippen LogP contribution in [0.3, 0.4) is 0 Å². The van der Waals surface area contributed by atoms with Crippen LogP contribution in [-0.4, -0.2) is 48.6 Å². The molecule has 0 aliphatic rings. The molecule has 0 aliphatic heterocycles. The van der Waals surface area contributed by atoms with E-state index >= 15 is 0 Å². The van der Waals surface area contributed by atoms with E-state index in [0.717, 1.165) is 5.52 Å². The SMILES string of the molecule is COCCOCCn1c(N)nc2ccc(OC)nc21. The first kappa shape index (κ1) is 13.6. The molecule has 104 valence electrons. The Hall–Kier alpha value is -1.86. The Morgan fingerprint density at radius 3 is 2.74 bits per heavy atom. The number of hydrogen-bond acceptors (Lipinski definition) is 6. The molecular weight excluding hydrogens is 248 g/mol. The highest BCUT2D eigenvalue weighted by Crippen LogP contribution is 2.18. The fraction of sp³-hybridized carbons (Fsp3) is 0.500. The minimum absolute atomic E-state index is 0.422. The maximum absolute atomic E-state index is 5.88. The van der Waals surface area contributed by atoms with Crippen LogP contribution in [0.1, 0.15) is 0 Å². The van der Waals surface area contributed by atoms with Crippen LogP contribution >= 0.6 is 0 Å². The average Bonchev–Trinajstić information content (AvgIpc) is 2.74. The largest absolute Gasteiger partial charge is 0.481 e. The summed E-state index contributed by atoms with van der Waals surface area (Å²) in [6.45, 7) is 2.25. The number of methoxy groups -OCH3 is 2. The minimum Gasteiger partial charge on any atom is -0.481 e. The molecule has 0 saturated heterocycles. The maximum Gasteiger partial charge on any atom is 0.215 e. The summed E-state index contributed by atoms with van der Waals surface area (Å²) >= 11 is 0. The van der Waals surface area contributed by atoms with E-state index in [0.29, 0.717) is 43.8 Å². The Bertz CT molecular complexity index is 541. The summed E-state index contributed by atoms with van der Waals surface area (Å²) in [5.74, 6) is 0.958. The number of imidazole rings is 1. The number of nitrogens with two attached hydrogens (primary N) is 1. The molecule has 0 aromatic carbocycles. The van der Waals surface area contributed by atoms with Gasteiger partial charge in [0, 0.05) is 13.2 Å². The second kappa shape index (κ2) is 6.35. The lowest BCUT2D eigenvalue weighted by molar-refractivity contribution is 0.0671. The van der Waals surface area contributed by atoms with Gasteiger partial charge in [-0.25, -0.2) is 4.98 Å². The number of anilines is 1. The Kier molecular flexibility index (Phi) is 4.53. The number of nitrogen functional groups attached to an aromatic ring is 1. The number of ether oxygens (including phenoxy) is 3. The lowest BCUT2D eigenvalue weighted by Gasteiger charge is -2.07. The summed E-state index contributed by atoms with van der Waals surface area (Å²) in [6.07, 6.45) is 0. The molecule has 0 saturated carbocycles. The number of rotatable bonds is 7. The monoisotopic (exact) mass is 266 g/mol. The number of aromatic nitrogens is 3. The van der Waals surface area contributed by atoms with Gasteiger partial charge in [0.05, 0.1) is 33.5 Å². The van der Waals surface area contributed by atoms with E-state index in [1.807, 2.05) is 10.6 Å². The van der Waals surface area contributed by atoms with Crippen molar-refractivity contribution in [3.63, 3.8) is 0 Å². The third kappa shape index (κ3) is 3.12. The van der Waals surface area contributed by atoms with Crippen LogP contribution in [0.2, 0.25) is 0 Å². The second-order valence-electron chi connectivity index (χ2n) is 3.92. The molecule has 0 atom stereocenters. The van der Waals surface area contributed by atoms with E-state index < -0.39 is 0 Å². The van der Waals surface area contributed by atoms with Crippen molar-refractivity contribution in [3.05, 3.63) is 12.1 Å². The predicted molar refractivity (Wildman–Crippen MR) is 71.2 cm³/mol. The van der Waals surface area contributed by atoms with Crippen LogP contribution in [-0.2, 0) is 16.0 Å². The lowest BCUT2D eigenvalue weighted by atomic mass is 10.4. The zero-order valence-electron chi connectivity index (χ0n) is 11.1. The molecule has 0 fully saturated rings. The Labute approximate surface area is 111 Å². The molecule has 7 heteroatoms. The first-order chi connectivity index (χ1) is 9.26. The summed E-state index contributed by atoms with van der Waals surface area (Å²) in [5, 5.41) is 0. The Morgan fingerprint density at radius 1 is 1.16 bits per heavy atom. The van der Waals surface area contributed by atoms with Crippen molar-refractivity contribution >= 4 is 17.1 Å². The van der Waals surface area contributed by atoms with Crippen LogP contribution < -0.4 is 10.5 Å².